The quantitative estimate of drug-likeness (QED) is 0.803. The molecule has 0 fully saturated rings. The van der Waals surface area contributed by atoms with Crippen LogP contribution in [0, 0.1) is 0 Å². The van der Waals surface area contributed by atoms with Gasteiger partial charge in [-0.2, -0.15) is 0 Å². The van der Waals surface area contributed by atoms with Gasteiger partial charge in [0, 0.05) is 11.4 Å². The SMILES string of the molecule is CC(C)c1csc([S@](N)(=O)=NC(=O)Nc2c3c(nc4c2CCC4)CCC3)c1. The minimum absolute atomic E-state index is 0.307. The molecule has 8 heteroatoms. The van der Waals surface area contributed by atoms with Gasteiger partial charge in [0.25, 0.3) is 0 Å². The predicted octanol–water partition coefficient (Wildman–Crippen LogP) is 4.18. The minimum atomic E-state index is -3.25. The second kappa shape index (κ2) is 7.00. The summed E-state index contributed by atoms with van der Waals surface area (Å²) >= 11 is 1.29. The molecule has 0 radical (unpaired) electrons. The number of carbonyl (C=O) groups is 1. The first-order valence-electron chi connectivity index (χ1n) is 9.33. The van der Waals surface area contributed by atoms with E-state index in [1.165, 1.54) is 11.3 Å². The van der Waals surface area contributed by atoms with Crippen molar-refractivity contribution < 1.29 is 9.00 Å². The third-order valence-corrected chi connectivity index (χ3v) is 8.13. The maximum atomic E-state index is 12.8. The van der Waals surface area contributed by atoms with Crippen LogP contribution >= 0.6 is 11.3 Å². The highest BCUT2D eigenvalue weighted by Crippen LogP contribution is 2.36. The Kier molecular flexibility index (Phi) is 4.82. The summed E-state index contributed by atoms with van der Waals surface area (Å²) in [5.74, 6) is 0.307. The van der Waals surface area contributed by atoms with Gasteiger partial charge in [-0.25, -0.2) is 14.1 Å². The molecule has 0 aliphatic heterocycles. The zero-order valence-corrected chi connectivity index (χ0v) is 17.2. The van der Waals surface area contributed by atoms with Gasteiger partial charge in [-0.3, -0.25) is 4.98 Å². The average Bonchev–Trinajstić information content (AvgIpc) is 3.34. The van der Waals surface area contributed by atoms with E-state index in [1.807, 2.05) is 5.38 Å². The molecule has 27 heavy (non-hydrogen) atoms. The van der Waals surface area contributed by atoms with E-state index in [4.69, 9.17) is 10.1 Å². The van der Waals surface area contributed by atoms with Crippen molar-refractivity contribution in [2.24, 2.45) is 9.50 Å². The summed E-state index contributed by atoms with van der Waals surface area (Å²) < 4.78 is 17.1. The second-order valence-electron chi connectivity index (χ2n) is 7.49. The van der Waals surface area contributed by atoms with Gasteiger partial charge in [-0.15, -0.1) is 15.7 Å². The number of hydrogen-bond acceptors (Lipinski definition) is 4. The maximum Gasteiger partial charge on any atom is 0.354 e. The lowest BCUT2D eigenvalue weighted by atomic mass is 10.1. The summed E-state index contributed by atoms with van der Waals surface area (Å²) in [4.78, 5) is 17.4. The van der Waals surface area contributed by atoms with Crippen LogP contribution in [0.4, 0.5) is 10.5 Å². The van der Waals surface area contributed by atoms with Crippen molar-refractivity contribution in [3.63, 3.8) is 0 Å². The number of aromatic nitrogens is 1. The van der Waals surface area contributed by atoms with E-state index >= 15 is 0 Å². The lowest BCUT2D eigenvalue weighted by Crippen LogP contribution is -2.18. The van der Waals surface area contributed by atoms with Crippen LogP contribution in [0.3, 0.4) is 0 Å². The Hall–Kier alpha value is -1.77. The number of fused-ring (bicyclic) bond motifs is 2. The molecule has 0 saturated carbocycles. The van der Waals surface area contributed by atoms with Crippen molar-refractivity contribution in [2.45, 2.75) is 62.5 Å². The molecule has 0 bridgehead atoms. The van der Waals surface area contributed by atoms with Crippen LogP contribution in [0.1, 0.15) is 60.7 Å². The van der Waals surface area contributed by atoms with Crippen molar-refractivity contribution in [1.29, 1.82) is 0 Å². The minimum Gasteiger partial charge on any atom is -0.305 e. The average molecular weight is 405 g/mol. The molecule has 1 atom stereocenters. The largest absolute Gasteiger partial charge is 0.354 e. The lowest BCUT2D eigenvalue weighted by molar-refractivity contribution is 0.260. The number of rotatable bonds is 3. The van der Waals surface area contributed by atoms with Gasteiger partial charge in [0.15, 0.2) is 9.92 Å². The number of nitrogens with two attached hydrogens (primary N) is 1. The van der Waals surface area contributed by atoms with Gasteiger partial charge in [0.2, 0.25) is 0 Å². The Morgan fingerprint density at radius 3 is 2.41 bits per heavy atom. The number of carbonyl (C=O) groups excluding carboxylic acids is 1. The predicted molar refractivity (Wildman–Crippen MR) is 109 cm³/mol. The number of nitrogens with zero attached hydrogens (tertiary/aromatic N) is 2. The van der Waals surface area contributed by atoms with Crippen LogP contribution in [0.5, 0.6) is 0 Å². The summed E-state index contributed by atoms with van der Waals surface area (Å²) in [5.41, 5.74) is 6.27. The number of anilines is 1. The smallest absolute Gasteiger partial charge is 0.305 e. The van der Waals surface area contributed by atoms with E-state index in [-0.39, 0.29) is 0 Å². The van der Waals surface area contributed by atoms with Gasteiger partial charge < -0.3 is 5.32 Å². The van der Waals surface area contributed by atoms with Crippen molar-refractivity contribution in [3.8, 4) is 0 Å². The molecule has 0 unspecified atom stereocenters. The number of urea groups is 1. The molecule has 0 spiro atoms. The van der Waals surface area contributed by atoms with E-state index in [2.05, 4.69) is 23.5 Å². The first kappa shape index (κ1) is 18.6. The molecule has 2 aromatic rings. The molecule has 6 nitrogen and oxygen atoms in total. The number of aryl methyl sites for hydroxylation is 2. The molecule has 3 N–H and O–H groups in total. The lowest BCUT2D eigenvalue weighted by Gasteiger charge is -2.14. The van der Waals surface area contributed by atoms with E-state index in [0.717, 1.165) is 72.3 Å². The molecule has 0 saturated heterocycles. The fourth-order valence-corrected chi connectivity index (χ4v) is 6.11. The maximum absolute atomic E-state index is 12.8. The van der Waals surface area contributed by atoms with E-state index in [1.54, 1.807) is 6.07 Å². The molecule has 0 aromatic carbocycles. The van der Waals surface area contributed by atoms with E-state index in [9.17, 15) is 9.00 Å². The third-order valence-electron chi connectivity index (χ3n) is 5.25. The first-order valence-corrected chi connectivity index (χ1v) is 11.8. The fourth-order valence-electron chi connectivity index (χ4n) is 3.82. The van der Waals surface area contributed by atoms with Crippen LogP contribution in [0.25, 0.3) is 0 Å². The highest BCUT2D eigenvalue weighted by Gasteiger charge is 2.26. The van der Waals surface area contributed by atoms with Gasteiger partial charge >= 0.3 is 6.03 Å². The van der Waals surface area contributed by atoms with Crippen LogP contribution in [0.2, 0.25) is 0 Å². The molecule has 2 aliphatic carbocycles. The van der Waals surface area contributed by atoms with Gasteiger partial charge in [0.1, 0.15) is 4.21 Å². The molecule has 2 amide bonds. The van der Waals surface area contributed by atoms with Crippen molar-refractivity contribution in [1.82, 2.24) is 4.98 Å². The topological polar surface area (TPSA) is 97.4 Å². The van der Waals surface area contributed by atoms with Crippen molar-refractivity contribution in [2.75, 3.05) is 5.32 Å². The van der Waals surface area contributed by atoms with Crippen LogP contribution < -0.4 is 10.5 Å². The highest BCUT2D eigenvalue weighted by atomic mass is 32.2. The van der Waals surface area contributed by atoms with E-state index in [0.29, 0.717) is 10.1 Å². The number of amides is 2. The van der Waals surface area contributed by atoms with Gasteiger partial charge in [0.05, 0.1) is 5.69 Å². The normalized spacial score (nSPS) is 17.5. The van der Waals surface area contributed by atoms with E-state index < -0.39 is 15.9 Å². The molecule has 2 aliphatic rings. The molecule has 4 rings (SSSR count). The second-order valence-corrected chi connectivity index (χ2v) is 10.4. The molecular weight excluding hydrogens is 380 g/mol. The van der Waals surface area contributed by atoms with Crippen LogP contribution in [0.15, 0.2) is 20.0 Å². The zero-order valence-electron chi connectivity index (χ0n) is 15.6. The summed E-state index contributed by atoms with van der Waals surface area (Å²) in [6, 6.07) is 1.15. The van der Waals surface area contributed by atoms with Crippen LogP contribution in [-0.2, 0) is 35.6 Å². The standard InChI is InChI=1S/C19H24N4O2S2/c1-11(2)12-9-17(26-10-12)27(20,25)23-19(24)22-18-13-5-3-7-15(13)21-16-8-4-6-14(16)18/h9-11H,3-8H2,1-2H3,(H3,20,21,22,23,24,25)/t27-/m1/s1. The number of nitrogens with one attached hydrogen (secondary N) is 1. The number of hydrogen-bond donors (Lipinski definition) is 2. The first-order chi connectivity index (χ1) is 12.8. The fraction of sp³-hybridized carbons (Fsp3) is 0.474. The molecule has 2 heterocycles. The number of thiophene rings is 1. The summed E-state index contributed by atoms with van der Waals surface area (Å²) in [7, 11) is -3.25. The third kappa shape index (κ3) is 3.53. The van der Waals surface area contributed by atoms with Gasteiger partial charge in [-0.1, -0.05) is 13.8 Å². The Bertz CT molecular complexity index is 1000. The summed E-state index contributed by atoms with van der Waals surface area (Å²) in [6.07, 6.45) is 5.81. The summed E-state index contributed by atoms with van der Waals surface area (Å²) in [6.45, 7) is 4.11. The molecule has 144 valence electrons. The summed E-state index contributed by atoms with van der Waals surface area (Å²) in [5, 5.41) is 10.7. The Balaban J connectivity index is 1.65. The Labute approximate surface area is 163 Å². The van der Waals surface area contributed by atoms with Crippen LogP contribution in [-0.4, -0.2) is 15.2 Å². The molecule has 2 aromatic heterocycles. The Morgan fingerprint density at radius 2 is 1.85 bits per heavy atom. The van der Waals surface area contributed by atoms with Crippen molar-refractivity contribution in [3.05, 3.63) is 39.5 Å². The zero-order chi connectivity index (χ0) is 19.2. The monoisotopic (exact) mass is 404 g/mol. The number of pyridine rings is 1. The highest BCUT2D eigenvalue weighted by molar-refractivity contribution is 7.93. The Morgan fingerprint density at radius 1 is 1.22 bits per heavy atom. The van der Waals surface area contributed by atoms with Crippen molar-refractivity contribution >= 4 is 33.0 Å². The van der Waals surface area contributed by atoms with Gasteiger partial charge in [-0.05, 0) is 72.6 Å². The molecular formula is C19H24N4O2S2.